The molecule has 0 spiro atoms. The Hall–Kier alpha value is -2.38. The molecule has 134 valence electrons. The molecule has 0 fully saturated rings. The summed E-state index contributed by atoms with van der Waals surface area (Å²) in [5.74, 6) is -0.0405. The molecule has 0 saturated heterocycles. The van der Waals surface area contributed by atoms with Crippen LogP contribution in [0.1, 0.15) is 24.2 Å². The zero-order chi connectivity index (χ0) is 18.2. The molecule has 2 aromatic rings. The number of nitrogens with one attached hydrogen (secondary N) is 1. The van der Waals surface area contributed by atoms with Gasteiger partial charge in [0.25, 0.3) is 5.91 Å². The second-order valence-electron chi connectivity index (χ2n) is 5.01. The van der Waals surface area contributed by atoms with Crippen LogP contribution in [0.15, 0.2) is 29.6 Å². The van der Waals surface area contributed by atoms with Crippen molar-refractivity contribution in [3.05, 3.63) is 35.2 Å². The summed E-state index contributed by atoms with van der Waals surface area (Å²) in [6, 6.07) is 7.43. The highest BCUT2D eigenvalue weighted by Crippen LogP contribution is 2.36. The maximum Gasteiger partial charge on any atom is 0.341 e. The van der Waals surface area contributed by atoms with Crippen LogP contribution in [0.2, 0.25) is 0 Å². The van der Waals surface area contributed by atoms with E-state index in [1.165, 1.54) is 18.4 Å². The quantitative estimate of drug-likeness (QED) is 0.726. The molecule has 1 heterocycles. The molecule has 0 aliphatic carbocycles. The Kier molecular flexibility index (Phi) is 6.97. The molecule has 0 atom stereocenters. The number of benzene rings is 1. The Morgan fingerprint density at radius 2 is 1.84 bits per heavy atom. The summed E-state index contributed by atoms with van der Waals surface area (Å²) in [6.07, 6.45) is 0. The van der Waals surface area contributed by atoms with Crippen molar-refractivity contribution >= 4 is 28.2 Å². The lowest BCUT2D eigenvalue weighted by Crippen LogP contribution is -2.18. The number of esters is 1. The number of methoxy groups -OCH3 is 1. The minimum Gasteiger partial charge on any atom is -0.494 e. The first-order valence-electron chi connectivity index (χ1n) is 7.91. The molecule has 2 rings (SSSR count). The van der Waals surface area contributed by atoms with Gasteiger partial charge in [0, 0.05) is 18.1 Å². The zero-order valence-electron chi connectivity index (χ0n) is 14.5. The molecule has 0 unspecified atom stereocenters. The van der Waals surface area contributed by atoms with Gasteiger partial charge in [-0.3, -0.25) is 4.79 Å². The Morgan fingerprint density at radius 1 is 1.12 bits per heavy atom. The fourth-order valence-corrected chi connectivity index (χ4v) is 3.23. The summed E-state index contributed by atoms with van der Waals surface area (Å²) in [5.41, 5.74) is 1.90. The number of thiophene rings is 1. The number of ether oxygens (including phenoxy) is 3. The molecule has 1 aromatic heterocycles. The van der Waals surface area contributed by atoms with E-state index in [2.05, 4.69) is 5.32 Å². The van der Waals surface area contributed by atoms with Crippen molar-refractivity contribution in [1.29, 1.82) is 0 Å². The topological polar surface area (TPSA) is 73.9 Å². The van der Waals surface area contributed by atoms with E-state index in [1.54, 1.807) is 6.92 Å². The number of rotatable bonds is 8. The molecule has 1 amide bonds. The lowest BCUT2D eigenvalue weighted by atomic mass is 10.0. The maximum absolute atomic E-state index is 12.4. The van der Waals surface area contributed by atoms with Crippen molar-refractivity contribution < 1.29 is 23.8 Å². The molecule has 0 aliphatic rings. The number of anilines is 1. The van der Waals surface area contributed by atoms with E-state index in [0.29, 0.717) is 22.7 Å². The van der Waals surface area contributed by atoms with Gasteiger partial charge in [-0.15, -0.1) is 11.3 Å². The molecular formula is C18H21NO5S. The monoisotopic (exact) mass is 363 g/mol. The Morgan fingerprint density at radius 3 is 2.44 bits per heavy atom. The van der Waals surface area contributed by atoms with Crippen molar-refractivity contribution in [2.24, 2.45) is 0 Å². The van der Waals surface area contributed by atoms with Gasteiger partial charge in [-0.1, -0.05) is 12.1 Å². The molecule has 0 bridgehead atoms. The average Bonchev–Trinajstić information content (AvgIpc) is 3.00. The molecular weight excluding hydrogens is 342 g/mol. The molecule has 6 nitrogen and oxygen atoms in total. The van der Waals surface area contributed by atoms with Crippen molar-refractivity contribution in [1.82, 2.24) is 0 Å². The third-order valence-corrected chi connectivity index (χ3v) is 4.17. The third kappa shape index (κ3) is 4.80. The van der Waals surface area contributed by atoms with Crippen LogP contribution in [0.5, 0.6) is 5.75 Å². The van der Waals surface area contributed by atoms with E-state index in [4.69, 9.17) is 14.2 Å². The number of carbonyl (C=O) groups is 2. The number of amides is 1. The lowest BCUT2D eigenvalue weighted by Gasteiger charge is -2.09. The molecule has 0 aliphatic heterocycles. The Balaban J connectivity index is 2.37. The maximum atomic E-state index is 12.4. The number of hydrogen-bond donors (Lipinski definition) is 1. The van der Waals surface area contributed by atoms with E-state index < -0.39 is 5.97 Å². The van der Waals surface area contributed by atoms with Crippen LogP contribution in [-0.2, 0) is 14.3 Å². The predicted molar refractivity (Wildman–Crippen MR) is 97.4 cm³/mol. The lowest BCUT2D eigenvalue weighted by molar-refractivity contribution is -0.119. The van der Waals surface area contributed by atoms with Crippen LogP contribution in [0.3, 0.4) is 0 Å². The van der Waals surface area contributed by atoms with Crippen LogP contribution in [0.25, 0.3) is 11.1 Å². The van der Waals surface area contributed by atoms with Gasteiger partial charge in [-0.05, 0) is 31.5 Å². The average molecular weight is 363 g/mol. The van der Waals surface area contributed by atoms with Gasteiger partial charge in [-0.2, -0.15) is 0 Å². The molecule has 0 radical (unpaired) electrons. The van der Waals surface area contributed by atoms with E-state index in [1.807, 2.05) is 36.6 Å². The molecule has 1 N–H and O–H groups in total. The van der Waals surface area contributed by atoms with Gasteiger partial charge >= 0.3 is 5.97 Å². The van der Waals surface area contributed by atoms with Crippen molar-refractivity contribution in [3.63, 3.8) is 0 Å². The standard InChI is InChI=1S/C18H21NO5S/c1-4-23-13-8-6-12(7-9-13)14-11-25-17(19-15(20)10-22-3)16(14)18(21)24-5-2/h6-9,11H,4-5,10H2,1-3H3,(H,19,20). The van der Waals surface area contributed by atoms with Gasteiger partial charge in [-0.25, -0.2) is 4.79 Å². The van der Waals surface area contributed by atoms with E-state index >= 15 is 0 Å². The minimum absolute atomic E-state index is 0.0848. The zero-order valence-corrected chi connectivity index (χ0v) is 15.3. The van der Waals surface area contributed by atoms with Gasteiger partial charge in [0.2, 0.25) is 0 Å². The van der Waals surface area contributed by atoms with Gasteiger partial charge in [0.15, 0.2) is 0 Å². The summed E-state index contributed by atoms with van der Waals surface area (Å²) < 4.78 is 15.4. The van der Waals surface area contributed by atoms with Gasteiger partial charge < -0.3 is 19.5 Å². The summed E-state index contributed by atoms with van der Waals surface area (Å²) in [4.78, 5) is 24.2. The second kappa shape index (κ2) is 9.19. The summed E-state index contributed by atoms with van der Waals surface area (Å²) in [5, 5.41) is 4.97. The smallest absolute Gasteiger partial charge is 0.341 e. The van der Waals surface area contributed by atoms with Gasteiger partial charge in [0.05, 0.1) is 13.2 Å². The SMILES string of the molecule is CCOC(=O)c1c(-c2ccc(OCC)cc2)csc1NC(=O)COC. The largest absolute Gasteiger partial charge is 0.494 e. The first kappa shape index (κ1) is 19.0. The van der Waals surface area contributed by atoms with Crippen molar-refractivity contribution in [2.45, 2.75) is 13.8 Å². The van der Waals surface area contributed by atoms with E-state index in [0.717, 1.165) is 11.3 Å². The molecule has 7 heteroatoms. The summed E-state index contributed by atoms with van der Waals surface area (Å²) in [6.45, 7) is 4.41. The fraction of sp³-hybridized carbons (Fsp3) is 0.333. The highest BCUT2D eigenvalue weighted by atomic mass is 32.1. The summed E-state index contributed by atoms with van der Waals surface area (Å²) >= 11 is 1.27. The minimum atomic E-state index is -0.472. The van der Waals surface area contributed by atoms with Crippen LogP contribution >= 0.6 is 11.3 Å². The van der Waals surface area contributed by atoms with Crippen LogP contribution in [0.4, 0.5) is 5.00 Å². The number of hydrogen-bond acceptors (Lipinski definition) is 6. The molecule has 1 aromatic carbocycles. The first-order chi connectivity index (χ1) is 12.1. The van der Waals surface area contributed by atoms with Crippen LogP contribution in [-0.4, -0.2) is 38.8 Å². The van der Waals surface area contributed by atoms with Crippen molar-refractivity contribution in [3.8, 4) is 16.9 Å². The first-order valence-corrected chi connectivity index (χ1v) is 8.79. The third-order valence-electron chi connectivity index (χ3n) is 3.28. The Labute approximate surface area is 150 Å². The highest BCUT2D eigenvalue weighted by molar-refractivity contribution is 7.15. The van der Waals surface area contributed by atoms with Crippen LogP contribution < -0.4 is 10.1 Å². The normalized spacial score (nSPS) is 10.4. The highest BCUT2D eigenvalue weighted by Gasteiger charge is 2.22. The number of carbonyl (C=O) groups excluding carboxylic acids is 2. The Bertz CT molecular complexity index is 724. The fourth-order valence-electron chi connectivity index (χ4n) is 2.26. The predicted octanol–water partition coefficient (Wildman–Crippen LogP) is 3.58. The van der Waals surface area contributed by atoms with Crippen LogP contribution in [0, 0.1) is 0 Å². The molecule has 25 heavy (non-hydrogen) atoms. The molecule has 0 saturated carbocycles. The van der Waals surface area contributed by atoms with Crippen molar-refractivity contribution in [2.75, 3.05) is 32.2 Å². The second-order valence-corrected chi connectivity index (χ2v) is 5.89. The summed E-state index contributed by atoms with van der Waals surface area (Å²) in [7, 11) is 1.44. The van der Waals surface area contributed by atoms with E-state index in [-0.39, 0.29) is 19.1 Å². The van der Waals surface area contributed by atoms with E-state index in [9.17, 15) is 9.59 Å². The van der Waals surface area contributed by atoms with Gasteiger partial charge in [0.1, 0.15) is 22.9 Å².